The second-order valence-electron chi connectivity index (χ2n) is 6.72. The fourth-order valence-electron chi connectivity index (χ4n) is 3.08. The highest BCUT2D eigenvalue weighted by atomic mass is 35.5. The average molecular weight is 415 g/mol. The smallest absolute Gasteiger partial charge is 0.313 e. The zero-order valence-corrected chi connectivity index (χ0v) is 16.7. The highest BCUT2D eigenvalue weighted by molar-refractivity contribution is 6.30. The Morgan fingerprint density at radius 2 is 2.00 bits per heavy atom. The second-order valence-corrected chi connectivity index (χ2v) is 7.15. The molecule has 0 saturated carbocycles. The van der Waals surface area contributed by atoms with E-state index in [1.165, 1.54) is 0 Å². The Morgan fingerprint density at radius 1 is 1.21 bits per heavy atom. The summed E-state index contributed by atoms with van der Waals surface area (Å²) in [6.45, 7) is 1.94. The number of esters is 1. The SMILES string of the molecule is COc1ccc(-c2nnc([C@H](C)OC(=O)[C@@H]3COc4ccc(Cl)cc4C3)o2)cc1. The largest absolute Gasteiger partial charge is 0.497 e. The molecular weight excluding hydrogens is 396 g/mol. The standard InChI is InChI=1S/C21H19ClN2O5/c1-12(19-23-24-20(29-19)13-3-6-17(26-2)7-4-13)28-21(25)15-9-14-10-16(22)5-8-18(14)27-11-15/h3-8,10,12,15H,9,11H2,1-2H3/t12-,15-/m0/s1. The van der Waals surface area contributed by atoms with E-state index in [1.807, 2.05) is 12.1 Å². The lowest BCUT2D eigenvalue weighted by atomic mass is 9.97. The Hall–Kier alpha value is -3.06. The Balaban J connectivity index is 1.41. The van der Waals surface area contributed by atoms with Crippen LogP contribution in [0.4, 0.5) is 0 Å². The first-order valence-electron chi connectivity index (χ1n) is 9.13. The summed E-state index contributed by atoms with van der Waals surface area (Å²) >= 11 is 6.03. The van der Waals surface area contributed by atoms with Gasteiger partial charge in [0.05, 0.1) is 13.0 Å². The van der Waals surface area contributed by atoms with Crippen molar-refractivity contribution in [2.75, 3.05) is 13.7 Å². The fourth-order valence-corrected chi connectivity index (χ4v) is 3.28. The molecule has 0 bridgehead atoms. The molecule has 2 atom stereocenters. The zero-order chi connectivity index (χ0) is 20.4. The van der Waals surface area contributed by atoms with Crippen LogP contribution in [-0.4, -0.2) is 29.9 Å². The average Bonchev–Trinajstić information content (AvgIpc) is 3.23. The minimum Gasteiger partial charge on any atom is -0.497 e. The molecule has 0 spiro atoms. The van der Waals surface area contributed by atoms with E-state index in [9.17, 15) is 4.79 Å². The molecule has 0 saturated heterocycles. The molecular formula is C21H19ClN2O5. The molecule has 0 fully saturated rings. The van der Waals surface area contributed by atoms with Crippen molar-refractivity contribution in [2.24, 2.45) is 5.92 Å². The maximum atomic E-state index is 12.6. The van der Waals surface area contributed by atoms with E-state index in [0.717, 1.165) is 22.6 Å². The van der Waals surface area contributed by atoms with E-state index < -0.39 is 12.0 Å². The number of hydrogen-bond donors (Lipinski definition) is 0. The van der Waals surface area contributed by atoms with Gasteiger partial charge in [-0.15, -0.1) is 10.2 Å². The van der Waals surface area contributed by atoms with E-state index in [0.29, 0.717) is 17.3 Å². The van der Waals surface area contributed by atoms with Gasteiger partial charge in [-0.2, -0.15) is 0 Å². The molecule has 8 heteroatoms. The quantitative estimate of drug-likeness (QED) is 0.577. The van der Waals surface area contributed by atoms with Gasteiger partial charge in [-0.25, -0.2) is 0 Å². The fraction of sp³-hybridized carbons (Fsp3) is 0.286. The van der Waals surface area contributed by atoms with Crippen molar-refractivity contribution in [1.82, 2.24) is 10.2 Å². The molecule has 0 N–H and O–H groups in total. The Morgan fingerprint density at radius 3 is 2.76 bits per heavy atom. The van der Waals surface area contributed by atoms with Crippen molar-refractivity contribution in [3.05, 3.63) is 58.9 Å². The predicted octanol–water partition coefficient (Wildman–Crippen LogP) is 4.25. The number of hydrogen-bond acceptors (Lipinski definition) is 7. The van der Waals surface area contributed by atoms with Crippen LogP contribution in [0.2, 0.25) is 5.02 Å². The Labute approximate surface area is 172 Å². The number of nitrogens with zero attached hydrogens (tertiary/aromatic N) is 2. The second kappa shape index (κ2) is 8.13. The summed E-state index contributed by atoms with van der Waals surface area (Å²) in [6, 6.07) is 12.6. The summed E-state index contributed by atoms with van der Waals surface area (Å²) in [6.07, 6.45) is -0.176. The molecule has 29 heavy (non-hydrogen) atoms. The third-order valence-electron chi connectivity index (χ3n) is 4.68. The van der Waals surface area contributed by atoms with Crippen molar-refractivity contribution in [1.29, 1.82) is 0 Å². The van der Waals surface area contributed by atoms with Crippen molar-refractivity contribution < 1.29 is 23.4 Å². The minimum absolute atomic E-state index is 0.226. The van der Waals surface area contributed by atoms with Crippen LogP contribution in [0, 0.1) is 5.92 Å². The minimum atomic E-state index is -0.678. The third kappa shape index (κ3) is 4.19. The molecule has 3 aromatic rings. The van der Waals surface area contributed by atoms with Crippen LogP contribution in [-0.2, 0) is 16.0 Å². The van der Waals surface area contributed by atoms with Crippen molar-refractivity contribution in [3.63, 3.8) is 0 Å². The summed E-state index contributed by atoms with van der Waals surface area (Å²) < 4.78 is 22.0. The molecule has 1 aromatic heterocycles. The van der Waals surface area contributed by atoms with Crippen LogP contribution in [0.3, 0.4) is 0 Å². The molecule has 2 aromatic carbocycles. The molecule has 1 aliphatic heterocycles. The summed E-state index contributed by atoms with van der Waals surface area (Å²) in [4.78, 5) is 12.6. The van der Waals surface area contributed by atoms with Crippen LogP contribution in [0.15, 0.2) is 46.9 Å². The van der Waals surface area contributed by atoms with Gasteiger partial charge in [0, 0.05) is 10.6 Å². The first kappa shape index (κ1) is 19.3. The number of carbonyl (C=O) groups excluding carboxylic acids is 1. The van der Waals surface area contributed by atoms with E-state index in [1.54, 1.807) is 44.4 Å². The van der Waals surface area contributed by atoms with Gasteiger partial charge in [-0.3, -0.25) is 4.79 Å². The number of aromatic nitrogens is 2. The molecule has 0 unspecified atom stereocenters. The molecule has 150 valence electrons. The van der Waals surface area contributed by atoms with Gasteiger partial charge in [0.25, 0.3) is 5.89 Å². The van der Waals surface area contributed by atoms with Crippen molar-refractivity contribution in [3.8, 4) is 23.0 Å². The van der Waals surface area contributed by atoms with Gasteiger partial charge in [-0.05, 0) is 61.4 Å². The predicted molar refractivity (Wildman–Crippen MR) is 105 cm³/mol. The lowest BCUT2D eigenvalue weighted by Gasteiger charge is -2.24. The number of ether oxygens (including phenoxy) is 3. The van der Waals surface area contributed by atoms with E-state index in [2.05, 4.69) is 10.2 Å². The number of halogens is 1. The van der Waals surface area contributed by atoms with Gasteiger partial charge in [0.15, 0.2) is 6.10 Å². The number of benzene rings is 2. The van der Waals surface area contributed by atoms with Gasteiger partial charge in [0.2, 0.25) is 5.89 Å². The van der Waals surface area contributed by atoms with Gasteiger partial charge in [-0.1, -0.05) is 11.6 Å². The van der Waals surface area contributed by atoms with Crippen molar-refractivity contribution >= 4 is 17.6 Å². The van der Waals surface area contributed by atoms with Crippen LogP contribution in [0.5, 0.6) is 11.5 Å². The van der Waals surface area contributed by atoms with Crippen LogP contribution >= 0.6 is 11.6 Å². The Bertz CT molecular complexity index is 1020. The Kier molecular flexibility index (Phi) is 5.40. The number of methoxy groups -OCH3 is 1. The summed E-state index contributed by atoms with van der Waals surface area (Å²) in [5.41, 5.74) is 1.63. The maximum Gasteiger partial charge on any atom is 0.313 e. The number of rotatable bonds is 5. The van der Waals surface area contributed by atoms with Gasteiger partial charge < -0.3 is 18.6 Å². The number of fused-ring (bicyclic) bond motifs is 1. The van der Waals surface area contributed by atoms with Crippen LogP contribution < -0.4 is 9.47 Å². The van der Waals surface area contributed by atoms with Crippen LogP contribution in [0.1, 0.15) is 24.5 Å². The first-order chi connectivity index (χ1) is 14.0. The molecule has 2 heterocycles. The van der Waals surface area contributed by atoms with Gasteiger partial charge in [0.1, 0.15) is 18.1 Å². The van der Waals surface area contributed by atoms with Crippen LogP contribution in [0.25, 0.3) is 11.5 Å². The molecule has 0 aliphatic carbocycles. The highest BCUT2D eigenvalue weighted by Gasteiger charge is 2.30. The summed E-state index contributed by atoms with van der Waals surface area (Å²) in [5.74, 6) is 1.24. The van der Waals surface area contributed by atoms with E-state index in [4.69, 9.17) is 30.2 Å². The summed E-state index contributed by atoms with van der Waals surface area (Å²) in [7, 11) is 1.60. The first-order valence-corrected chi connectivity index (χ1v) is 9.51. The van der Waals surface area contributed by atoms with E-state index >= 15 is 0 Å². The summed E-state index contributed by atoms with van der Waals surface area (Å²) in [5, 5.41) is 8.64. The normalized spacial score (nSPS) is 16.4. The van der Waals surface area contributed by atoms with E-state index in [-0.39, 0.29) is 18.5 Å². The molecule has 1 aliphatic rings. The monoisotopic (exact) mass is 414 g/mol. The van der Waals surface area contributed by atoms with Crippen molar-refractivity contribution in [2.45, 2.75) is 19.4 Å². The molecule has 0 amide bonds. The van der Waals surface area contributed by atoms with Gasteiger partial charge >= 0.3 is 5.97 Å². The molecule has 0 radical (unpaired) electrons. The highest BCUT2D eigenvalue weighted by Crippen LogP contribution is 2.31. The topological polar surface area (TPSA) is 83.7 Å². The third-order valence-corrected chi connectivity index (χ3v) is 4.92. The molecule has 7 nitrogen and oxygen atoms in total. The lowest BCUT2D eigenvalue weighted by molar-refractivity contribution is -0.156. The zero-order valence-electron chi connectivity index (χ0n) is 15.9. The molecule has 4 rings (SSSR count). The lowest BCUT2D eigenvalue weighted by Crippen LogP contribution is -2.30. The maximum absolute atomic E-state index is 12.6. The number of carbonyl (C=O) groups is 1.